The lowest BCUT2D eigenvalue weighted by molar-refractivity contribution is -0.141. The molecule has 1 aliphatic carbocycles. The lowest BCUT2D eigenvalue weighted by atomic mass is 10.1. The summed E-state index contributed by atoms with van der Waals surface area (Å²) in [6.07, 6.45) is -0.0605. The van der Waals surface area contributed by atoms with E-state index in [1.54, 1.807) is 13.1 Å². The number of esters is 1. The first-order chi connectivity index (χ1) is 16.2. The van der Waals surface area contributed by atoms with Crippen LogP contribution in [-0.2, 0) is 9.53 Å². The highest BCUT2D eigenvalue weighted by Gasteiger charge is 2.41. The van der Waals surface area contributed by atoms with E-state index >= 15 is 0 Å². The van der Waals surface area contributed by atoms with Crippen molar-refractivity contribution in [3.05, 3.63) is 23.7 Å². The van der Waals surface area contributed by atoms with Crippen molar-refractivity contribution < 1.29 is 24.9 Å². The normalized spacial score (nSPS) is 23.1. The lowest BCUT2D eigenvalue weighted by Gasteiger charge is -2.21. The zero-order valence-corrected chi connectivity index (χ0v) is 20.1. The van der Waals surface area contributed by atoms with Gasteiger partial charge in [-0.15, -0.1) is 11.3 Å². The average Bonchev–Trinajstić information content (AvgIpc) is 3.35. The first-order valence-electron chi connectivity index (χ1n) is 10.9. The average molecular weight is 489 g/mol. The van der Waals surface area contributed by atoms with Gasteiger partial charge in [0.1, 0.15) is 28.5 Å². The summed E-state index contributed by atoms with van der Waals surface area (Å²) in [7, 11) is 1.30. The second kappa shape index (κ2) is 9.74. The fourth-order valence-electron chi connectivity index (χ4n) is 4.14. The van der Waals surface area contributed by atoms with Crippen molar-refractivity contribution in [1.82, 2.24) is 19.9 Å². The fourth-order valence-corrected chi connectivity index (χ4v) is 5.25. The summed E-state index contributed by atoms with van der Waals surface area (Å²) in [6.45, 7) is 5.10. The molecule has 4 rings (SSSR count). The van der Waals surface area contributed by atoms with E-state index in [4.69, 9.17) is 9.72 Å². The minimum atomic E-state index is -1.09. The number of rotatable bonds is 7. The Bertz CT molecular complexity index is 1200. The Kier molecular flexibility index (Phi) is 6.94. The molecule has 34 heavy (non-hydrogen) atoms. The third kappa shape index (κ3) is 4.53. The minimum Gasteiger partial charge on any atom is -0.467 e. The van der Waals surface area contributed by atoms with E-state index in [1.165, 1.54) is 18.4 Å². The molecule has 0 spiro atoms. The number of carbonyl (C=O) groups excluding carboxylic acids is 1. The fraction of sp³-hybridized carbons (Fsp3) is 0.500. The van der Waals surface area contributed by atoms with E-state index in [-0.39, 0.29) is 12.6 Å². The minimum absolute atomic E-state index is 0.201. The second-order valence-electron chi connectivity index (χ2n) is 8.42. The van der Waals surface area contributed by atoms with Crippen LogP contribution in [0, 0.1) is 19.8 Å². The number of anilines is 2. The number of methoxy groups -OCH3 is 1. The number of pyridine rings is 1. The maximum atomic E-state index is 11.9. The number of nitrogens with one attached hydrogen (secondary N) is 2. The number of thiazole rings is 1. The van der Waals surface area contributed by atoms with E-state index in [2.05, 4.69) is 25.6 Å². The zero-order valence-electron chi connectivity index (χ0n) is 19.3. The van der Waals surface area contributed by atoms with Crippen LogP contribution < -0.4 is 10.6 Å². The second-order valence-corrected chi connectivity index (χ2v) is 9.45. The van der Waals surface area contributed by atoms with E-state index in [9.17, 15) is 20.1 Å². The molecule has 0 saturated heterocycles. The molecule has 1 aliphatic rings. The number of ether oxygens (including phenoxy) is 1. The molecule has 11 nitrogen and oxygen atoms in total. The third-order valence-electron chi connectivity index (χ3n) is 6.05. The molecule has 1 fully saturated rings. The van der Waals surface area contributed by atoms with Gasteiger partial charge in [-0.25, -0.2) is 14.8 Å². The number of aliphatic hydroxyl groups excluding tert-OH is 3. The number of carbonyl (C=O) groups is 1. The van der Waals surface area contributed by atoms with Crippen molar-refractivity contribution in [3.8, 4) is 10.6 Å². The van der Waals surface area contributed by atoms with Gasteiger partial charge in [-0.1, -0.05) is 0 Å². The van der Waals surface area contributed by atoms with Crippen molar-refractivity contribution >= 4 is 39.3 Å². The molecule has 1 saturated carbocycles. The first-order valence-corrected chi connectivity index (χ1v) is 11.7. The van der Waals surface area contributed by atoms with Crippen molar-refractivity contribution in [2.24, 2.45) is 5.92 Å². The molecule has 3 aromatic heterocycles. The van der Waals surface area contributed by atoms with Crippen molar-refractivity contribution in [2.45, 2.75) is 51.5 Å². The Balaban J connectivity index is 1.77. The number of aliphatic hydroxyl groups is 3. The van der Waals surface area contributed by atoms with Crippen LogP contribution in [0.1, 0.15) is 24.7 Å². The largest absolute Gasteiger partial charge is 0.467 e. The van der Waals surface area contributed by atoms with Crippen LogP contribution in [0.25, 0.3) is 20.8 Å². The Morgan fingerprint density at radius 3 is 2.65 bits per heavy atom. The highest BCUT2D eigenvalue weighted by Crippen LogP contribution is 2.38. The SMILES string of the molecule is COC(=O)[C@@H](C)Nc1nc(C)c(-c2nc3c(C)nccc3s2)c(N[C@@H]2C[C@H](CO)[C@@H](O)[C@H]2O)n1. The Morgan fingerprint density at radius 1 is 1.24 bits per heavy atom. The first kappa shape index (κ1) is 24.2. The highest BCUT2D eigenvalue weighted by molar-refractivity contribution is 7.21. The molecule has 0 aromatic carbocycles. The van der Waals surface area contributed by atoms with Crippen LogP contribution >= 0.6 is 11.3 Å². The maximum Gasteiger partial charge on any atom is 0.328 e. The van der Waals surface area contributed by atoms with Crippen LogP contribution in [0.2, 0.25) is 0 Å². The molecule has 3 heterocycles. The molecule has 0 unspecified atom stereocenters. The van der Waals surface area contributed by atoms with Crippen LogP contribution in [0.3, 0.4) is 0 Å². The predicted octanol–water partition coefficient (Wildman–Crippen LogP) is 1.25. The quantitative estimate of drug-likeness (QED) is 0.304. The summed E-state index contributed by atoms with van der Waals surface area (Å²) in [6, 6.07) is 0.657. The van der Waals surface area contributed by atoms with E-state index in [0.717, 1.165) is 15.9 Å². The smallest absolute Gasteiger partial charge is 0.328 e. The Labute approximate surface area is 200 Å². The molecule has 0 aliphatic heterocycles. The van der Waals surface area contributed by atoms with Crippen LogP contribution in [0.4, 0.5) is 11.8 Å². The van der Waals surface area contributed by atoms with Gasteiger partial charge in [-0.2, -0.15) is 4.98 Å². The standard InChI is InChI=1S/C22H28N6O5S/c1-9-15(20-27-16-10(2)23-6-5-14(16)34-20)19(26-13-7-12(8-29)17(30)18(13)31)28-22(24-9)25-11(3)21(32)33-4/h5-6,11-13,17-18,29-31H,7-8H2,1-4H3,(H2,24,25,26,28)/t11-,12-,13-,17-,18+/m1/s1. The van der Waals surface area contributed by atoms with Crippen LogP contribution in [0.15, 0.2) is 12.3 Å². The number of hydrogen-bond acceptors (Lipinski definition) is 12. The molecule has 12 heteroatoms. The molecule has 5 N–H and O–H groups in total. The van der Waals surface area contributed by atoms with Gasteiger partial charge >= 0.3 is 5.97 Å². The van der Waals surface area contributed by atoms with E-state index in [1.807, 2.05) is 19.9 Å². The van der Waals surface area contributed by atoms with Crippen molar-refractivity contribution in [2.75, 3.05) is 24.4 Å². The number of aromatic nitrogens is 4. The summed E-state index contributed by atoms with van der Waals surface area (Å²) in [5, 5.41) is 37.2. The van der Waals surface area contributed by atoms with Gasteiger partial charge in [-0.3, -0.25) is 4.98 Å². The molecule has 3 aromatic rings. The molecular formula is C22H28N6O5S. The van der Waals surface area contributed by atoms with Gasteiger partial charge < -0.3 is 30.7 Å². The summed E-state index contributed by atoms with van der Waals surface area (Å²) in [5.41, 5.74) is 2.84. The summed E-state index contributed by atoms with van der Waals surface area (Å²) < 4.78 is 5.73. The number of fused-ring (bicyclic) bond motifs is 1. The third-order valence-corrected chi connectivity index (χ3v) is 7.09. The van der Waals surface area contributed by atoms with Gasteiger partial charge in [-0.05, 0) is 33.3 Å². The topological polar surface area (TPSA) is 163 Å². The van der Waals surface area contributed by atoms with Gasteiger partial charge in [0, 0.05) is 18.7 Å². The molecule has 5 atom stereocenters. The van der Waals surface area contributed by atoms with Gasteiger partial charge in [0.15, 0.2) is 0 Å². The van der Waals surface area contributed by atoms with E-state index in [0.29, 0.717) is 28.5 Å². The molecular weight excluding hydrogens is 460 g/mol. The van der Waals surface area contributed by atoms with Gasteiger partial charge in [0.05, 0.1) is 40.9 Å². The zero-order chi connectivity index (χ0) is 24.6. The Morgan fingerprint density at radius 2 is 2.00 bits per heavy atom. The number of nitrogens with zero attached hydrogens (tertiary/aromatic N) is 4. The maximum absolute atomic E-state index is 11.9. The monoisotopic (exact) mass is 488 g/mol. The van der Waals surface area contributed by atoms with Crippen LogP contribution in [-0.4, -0.2) is 79.2 Å². The molecule has 0 amide bonds. The molecule has 0 bridgehead atoms. The van der Waals surface area contributed by atoms with E-state index < -0.39 is 36.2 Å². The van der Waals surface area contributed by atoms with Crippen molar-refractivity contribution in [3.63, 3.8) is 0 Å². The molecule has 182 valence electrons. The summed E-state index contributed by atoms with van der Waals surface area (Å²) in [5.74, 6) is -0.319. The lowest BCUT2D eigenvalue weighted by Crippen LogP contribution is -2.36. The number of hydrogen-bond donors (Lipinski definition) is 5. The number of aryl methyl sites for hydroxylation is 2. The predicted molar refractivity (Wildman–Crippen MR) is 128 cm³/mol. The van der Waals surface area contributed by atoms with Gasteiger partial charge in [0.25, 0.3) is 0 Å². The summed E-state index contributed by atoms with van der Waals surface area (Å²) in [4.78, 5) is 30.1. The van der Waals surface area contributed by atoms with Gasteiger partial charge in [0.2, 0.25) is 5.95 Å². The summed E-state index contributed by atoms with van der Waals surface area (Å²) >= 11 is 1.47. The van der Waals surface area contributed by atoms with Crippen molar-refractivity contribution in [1.29, 1.82) is 0 Å². The Hall–Kier alpha value is -2.93. The highest BCUT2D eigenvalue weighted by atomic mass is 32.1. The van der Waals surface area contributed by atoms with Crippen LogP contribution in [0.5, 0.6) is 0 Å². The molecule has 0 radical (unpaired) electrons.